The molecular weight excluding hydrogens is 292 g/mol. The topological polar surface area (TPSA) is 78.4 Å². The monoisotopic (exact) mass is 306 g/mol. The van der Waals surface area contributed by atoms with Crippen molar-refractivity contribution < 1.29 is 9.66 Å². The van der Waals surface area contributed by atoms with Gasteiger partial charge in [0.2, 0.25) is 5.75 Å². The van der Waals surface area contributed by atoms with Crippen molar-refractivity contribution in [2.75, 3.05) is 0 Å². The summed E-state index contributed by atoms with van der Waals surface area (Å²) in [5, 5.41) is 11.6. The van der Waals surface area contributed by atoms with Crippen LogP contribution in [0.15, 0.2) is 30.3 Å². The first-order valence-corrected chi connectivity index (χ1v) is 6.72. The third-order valence-electron chi connectivity index (χ3n) is 3.07. The molecule has 0 amide bonds. The number of aryl methyl sites for hydroxylation is 2. The van der Waals surface area contributed by atoms with Gasteiger partial charge in [0, 0.05) is 18.2 Å². The Balaban J connectivity index is 2.57. The second-order valence-electron chi connectivity index (χ2n) is 4.72. The zero-order chi connectivity index (χ0) is 15.6. The number of nitrogens with two attached hydrogens (primary N) is 1. The number of nitro groups is 1. The van der Waals surface area contributed by atoms with Gasteiger partial charge < -0.3 is 10.5 Å². The van der Waals surface area contributed by atoms with E-state index in [9.17, 15) is 10.1 Å². The Kier molecular flexibility index (Phi) is 4.45. The average molecular weight is 307 g/mol. The molecule has 0 aliphatic carbocycles. The fourth-order valence-electron chi connectivity index (χ4n) is 2.13. The number of nitro benzene ring substituents is 1. The molecule has 0 aliphatic heterocycles. The van der Waals surface area contributed by atoms with Gasteiger partial charge in [0.15, 0.2) is 5.75 Å². The summed E-state index contributed by atoms with van der Waals surface area (Å²) < 4.78 is 5.76. The smallest absolute Gasteiger partial charge is 0.312 e. The Morgan fingerprint density at radius 1 is 1.29 bits per heavy atom. The lowest BCUT2D eigenvalue weighted by Crippen LogP contribution is -2.02. The van der Waals surface area contributed by atoms with Gasteiger partial charge >= 0.3 is 5.69 Å². The Labute approximate surface area is 127 Å². The van der Waals surface area contributed by atoms with E-state index in [-0.39, 0.29) is 18.0 Å². The lowest BCUT2D eigenvalue weighted by Gasteiger charge is -2.14. The molecule has 0 aliphatic rings. The van der Waals surface area contributed by atoms with Gasteiger partial charge in [-0.1, -0.05) is 29.8 Å². The number of rotatable bonds is 4. The molecule has 2 rings (SSSR count). The molecule has 0 heterocycles. The Bertz CT molecular complexity index is 702. The van der Waals surface area contributed by atoms with E-state index in [1.807, 2.05) is 6.07 Å². The van der Waals surface area contributed by atoms with Crippen LogP contribution in [0.25, 0.3) is 0 Å². The van der Waals surface area contributed by atoms with Gasteiger partial charge in [0.05, 0.1) is 9.95 Å². The van der Waals surface area contributed by atoms with Gasteiger partial charge in [-0.2, -0.15) is 0 Å². The fraction of sp³-hybridized carbons (Fsp3) is 0.200. The molecule has 21 heavy (non-hydrogen) atoms. The molecule has 2 N–H and O–H groups in total. The summed E-state index contributed by atoms with van der Waals surface area (Å²) in [6.07, 6.45) is 0. The number of hydrogen-bond donors (Lipinski definition) is 1. The van der Waals surface area contributed by atoms with Crippen molar-refractivity contribution in [1.29, 1.82) is 0 Å². The quantitative estimate of drug-likeness (QED) is 0.681. The van der Waals surface area contributed by atoms with Crippen molar-refractivity contribution in [2.24, 2.45) is 5.73 Å². The summed E-state index contributed by atoms with van der Waals surface area (Å²) in [6, 6.07) is 8.48. The molecule has 0 bridgehead atoms. The molecule has 0 radical (unpaired) electrons. The predicted octanol–water partition coefficient (Wildman–Crippen LogP) is 4.12. The van der Waals surface area contributed by atoms with E-state index in [2.05, 4.69) is 0 Å². The molecule has 0 saturated heterocycles. The molecular formula is C15H15ClN2O3. The summed E-state index contributed by atoms with van der Waals surface area (Å²) in [4.78, 5) is 10.8. The van der Waals surface area contributed by atoms with Crippen LogP contribution in [-0.4, -0.2) is 4.92 Å². The second-order valence-corrected chi connectivity index (χ2v) is 5.13. The van der Waals surface area contributed by atoms with Crippen molar-refractivity contribution in [3.05, 3.63) is 62.2 Å². The molecule has 2 aromatic carbocycles. The number of para-hydroxylation sites is 1. The highest BCUT2D eigenvalue weighted by molar-refractivity contribution is 6.32. The van der Waals surface area contributed by atoms with E-state index in [0.717, 1.165) is 5.56 Å². The van der Waals surface area contributed by atoms with Crippen molar-refractivity contribution >= 4 is 17.3 Å². The standard InChI is InChI=1S/C15H15ClN2O3/c1-9-6-10(2)14(13(7-9)18(19)20)21-15-11(8-17)4-3-5-12(15)16/h3-7H,8,17H2,1-2H3. The zero-order valence-corrected chi connectivity index (χ0v) is 12.5. The van der Waals surface area contributed by atoms with E-state index in [4.69, 9.17) is 22.1 Å². The van der Waals surface area contributed by atoms with Crippen molar-refractivity contribution in [1.82, 2.24) is 0 Å². The Hall–Kier alpha value is -2.11. The first-order chi connectivity index (χ1) is 9.93. The number of nitrogens with zero attached hydrogens (tertiary/aromatic N) is 1. The Morgan fingerprint density at radius 2 is 2.00 bits per heavy atom. The first-order valence-electron chi connectivity index (χ1n) is 6.35. The molecule has 2 aromatic rings. The van der Waals surface area contributed by atoms with Crippen LogP contribution in [-0.2, 0) is 6.54 Å². The molecule has 0 saturated carbocycles. The normalized spacial score (nSPS) is 10.5. The van der Waals surface area contributed by atoms with E-state index in [1.165, 1.54) is 6.07 Å². The number of hydrogen-bond acceptors (Lipinski definition) is 4. The maximum absolute atomic E-state index is 11.2. The minimum Gasteiger partial charge on any atom is -0.448 e. The minimum absolute atomic E-state index is 0.0876. The fourth-order valence-corrected chi connectivity index (χ4v) is 2.36. The molecule has 0 fully saturated rings. The van der Waals surface area contributed by atoms with Crippen LogP contribution in [0.5, 0.6) is 11.5 Å². The SMILES string of the molecule is Cc1cc(C)c(Oc2c(Cl)cccc2CN)c([N+](=O)[O-])c1. The zero-order valence-electron chi connectivity index (χ0n) is 11.7. The van der Waals surface area contributed by atoms with Gasteiger partial charge in [-0.05, 0) is 31.0 Å². The van der Waals surface area contributed by atoms with Crippen LogP contribution in [0.1, 0.15) is 16.7 Å². The van der Waals surface area contributed by atoms with Crippen LogP contribution >= 0.6 is 11.6 Å². The third-order valence-corrected chi connectivity index (χ3v) is 3.37. The summed E-state index contributed by atoms with van der Waals surface area (Å²) >= 11 is 6.12. The summed E-state index contributed by atoms with van der Waals surface area (Å²) in [6.45, 7) is 3.79. The summed E-state index contributed by atoms with van der Waals surface area (Å²) in [7, 11) is 0. The minimum atomic E-state index is -0.464. The van der Waals surface area contributed by atoms with Crippen LogP contribution in [0, 0.1) is 24.0 Å². The molecule has 0 atom stereocenters. The van der Waals surface area contributed by atoms with Crippen LogP contribution < -0.4 is 10.5 Å². The van der Waals surface area contributed by atoms with E-state index in [0.29, 0.717) is 21.9 Å². The van der Waals surface area contributed by atoms with E-state index >= 15 is 0 Å². The van der Waals surface area contributed by atoms with Gasteiger partial charge in [-0.3, -0.25) is 10.1 Å². The summed E-state index contributed by atoms with van der Waals surface area (Å²) in [5.74, 6) is 0.546. The molecule has 0 spiro atoms. The van der Waals surface area contributed by atoms with E-state index < -0.39 is 4.92 Å². The van der Waals surface area contributed by atoms with Gasteiger partial charge in [-0.15, -0.1) is 0 Å². The van der Waals surface area contributed by atoms with Crippen LogP contribution in [0.2, 0.25) is 5.02 Å². The molecule has 6 heteroatoms. The highest BCUT2D eigenvalue weighted by Crippen LogP contribution is 2.39. The van der Waals surface area contributed by atoms with Crippen molar-refractivity contribution in [2.45, 2.75) is 20.4 Å². The van der Waals surface area contributed by atoms with E-state index in [1.54, 1.807) is 32.0 Å². The number of halogens is 1. The molecule has 5 nitrogen and oxygen atoms in total. The van der Waals surface area contributed by atoms with Crippen LogP contribution in [0.4, 0.5) is 5.69 Å². The number of benzene rings is 2. The molecule has 110 valence electrons. The lowest BCUT2D eigenvalue weighted by atomic mass is 10.1. The Morgan fingerprint density at radius 3 is 2.62 bits per heavy atom. The maximum Gasteiger partial charge on any atom is 0.312 e. The highest BCUT2D eigenvalue weighted by Gasteiger charge is 2.21. The molecule has 0 aromatic heterocycles. The van der Waals surface area contributed by atoms with Crippen molar-refractivity contribution in [3.8, 4) is 11.5 Å². The average Bonchev–Trinajstić information content (AvgIpc) is 2.42. The lowest BCUT2D eigenvalue weighted by molar-refractivity contribution is -0.385. The largest absolute Gasteiger partial charge is 0.448 e. The summed E-state index contributed by atoms with van der Waals surface area (Å²) in [5.41, 5.74) is 7.73. The maximum atomic E-state index is 11.2. The van der Waals surface area contributed by atoms with Crippen LogP contribution in [0.3, 0.4) is 0 Å². The number of ether oxygens (including phenoxy) is 1. The van der Waals surface area contributed by atoms with Gasteiger partial charge in [0.25, 0.3) is 0 Å². The predicted molar refractivity (Wildman–Crippen MR) is 82.0 cm³/mol. The van der Waals surface area contributed by atoms with Crippen molar-refractivity contribution in [3.63, 3.8) is 0 Å². The second kappa shape index (κ2) is 6.11. The van der Waals surface area contributed by atoms with Gasteiger partial charge in [-0.25, -0.2) is 0 Å². The first kappa shape index (κ1) is 15.3. The molecule has 0 unspecified atom stereocenters. The highest BCUT2D eigenvalue weighted by atomic mass is 35.5. The third kappa shape index (κ3) is 3.15. The van der Waals surface area contributed by atoms with Gasteiger partial charge in [0.1, 0.15) is 0 Å².